The first-order valence-corrected chi connectivity index (χ1v) is 6.30. The van der Waals surface area contributed by atoms with E-state index in [0.29, 0.717) is 6.61 Å². The summed E-state index contributed by atoms with van der Waals surface area (Å²) in [5.41, 5.74) is 3.13. The van der Waals surface area contributed by atoms with Crippen molar-refractivity contribution in [1.82, 2.24) is 5.32 Å². The van der Waals surface area contributed by atoms with E-state index >= 15 is 0 Å². The Bertz CT molecular complexity index is 537. The predicted molar refractivity (Wildman–Crippen MR) is 74.7 cm³/mol. The van der Waals surface area contributed by atoms with Gasteiger partial charge in [-0.1, -0.05) is 18.2 Å². The SMILES string of the molecule is CNCc1ccc(OCc2ccc(F)cc2C)cc1. The van der Waals surface area contributed by atoms with E-state index < -0.39 is 0 Å². The van der Waals surface area contributed by atoms with E-state index in [4.69, 9.17) is 4.74 Å². The van der Waals surface area contributed by atoms with E-state index in [-0.39, 0.29) is 5.82 Å². The zero-order valence-corrected chi connectivity index (χ0v) is 11.2. The summed E-state index contributed by atoms with van der Waals surface area (Å²) in [6.07, 6.45) is 0. The minimum absolute atomic E-state index is 0.210. The molecule has 0 amide bonds. The highest BCUT2D eigenvalue weighted by Crippen LogP contribution is 2.16. The van der Waals surface area contributed by atoms with Gasteiger partial charge in [-0.05, 0) is 54.9 Å². The second kappa shape index (κ2) is 6.34. The van der Waals surface area contributed by atoms with Crippen molar-refractivity contribution < 1.29 is 9.13 Å². The number of rotatable bonds is 5. The molecule has 2 aromatic rings. The lowest BCUT2D eigenvalue weighted by atomic mass is 10.1. The third kappa shape index (κ3) is 3.80. The third-order valence-electron chi connectivity index (χ3n) is 3.00. The minimum Gasteiger partial charge on any atom is -0.489 e. The van der Waals surface area contributed by atoms with Crippen molar-refractivity contribution in [3.05, 3.63) is 65.0 Å². The van der Waals surface area contributed by atoms with E-state index in [1.54, 1.807) is 6.07 Å². The van der Waals surface area contributed by atoms with Crippen molar-refractivity contribution in [3.63, 3.8) is 0 Å². The summed E-state index contributed by atoms with van der Waals surface area (Å²) >= 11 is 0. The fourth-order valence-electron chi connectivity index (χ4n) is 1.89. The Morgan fingerprint density at radius 2 is 1.84 bits per heavy atom. The number of halogens is 1. The zero-order valence-electron chi connectivity index (χ0n) is 11.2. The second-order valence-corrected chi connectivity index (χ2v) is 4.53. The molecule has 0 aliphatic carbocycles. The molecule has 0 aliphatic rings. The van der Waals surface area contributed by atoms with Crippen LogP contribution in [0.4, 0.5) is 4.39 Å². The van der Waals surface area contributed by atoms with Crippen LogP contribution in [-0.4, -0.2) is 7.05 Å². The lowest BCUT2D eigenvalue weighted by molar-refractivity contribution is 0.305. The molecular formula is C16H18FNO. The van der Waals surface area contributed by atoms with Crippen molar-refractivity contribution in [2.75, 3.05) is 7.05 Å². The highest BCUT2D eigenvalue weighted by Gasteiger charge is 2.01. The maximum absolute atomic E-state index is 13.0. The highest BCUT2D eigenvalue weighted by atomic mass is 19.1. The van der Waals surface area contributed by atoms with E-state index in [2.05, 4.69) is 5.32 Å². The molecule has 100 valence electrons. The molecule has 0 radical (unpaired) electrons. The van der Waals surface area contributed by atoms with Crippen LogP contribution in [0, 0.1) is 12.7 Å². The van der Waals surface area contributed by atoms with Gasteiger partial charge in [0.25, 0.3) is 0 Å². The van der Waals surface area contributed by atoms with Crippen molar-refractivity contribution in [1.29, 1.82) is 0 Å². The van der Waals surface area contributed by atoms with Crippen molar-refractivity contribution in [2.45, 2.75) is 20.1 Å². The van der Waals surface area contributed by atoms with Crippen LogP contribution in [0.5, 0.6) is 5.75 Å². The van der Waals surface area contributed by atoms with Crippen LogP contribution in [0.3, 0.4) is 0 Å². The average molecular weight is 259 g/mol. The lowest BCUT2D eigenvalue weighted by Gasteiger charge is -2.09. The molecule has 0 spiro atoms. The maximum atomic E-state index is 13.0. The average Bonchev–Trinajstić information content (AvgIpc) is 2.40. The Hall–Kier alpha value is -1.87. The van der Waals surface area contributed by atoms with Gasteiger partial charge in [0.1, 0.15) is 18.2 Å². The Kier molecular flexibility index (Phi) is 4.53. The largest absolute Gasteiger partial charge is 0.489 e. The molecule has 2 aromatic carbocycles. The fourth-order valence-corrected chi connectivity index (χ4v) is 1.89. The Morgan fingerprint density at radius 3 is 2.47 bits per heavy atom. The zero-order chi connectivity index (χ0) is 13.7. The number of nitrogens with one attached hydrogen (secondary N) is 1. The van der Waals surface area contributed by atoms with Crippen molar-refractivity contribution in [2.24, 2.45) is 0 Å². The summed E-state index contributed by atoms with van der Waals surface area (Å²) in [4.78, 5) is 0. The number of aryl methyl sites for hydroxylation is 1. The molecule has 3 heteroatoms. The molecule has 0 unspecified atom stereocenters. The van der Waals surface area contributed by atoms with Gasteiger partial charge in [-0.25, -0.2) is 4.39 Å². The van der Waals surface area contributed by atoms with Gasteiger partial charge in [-0.3, -0.25) is 0 Å². The van der Waals surface area contributed by atoms with E-state index in [9.17, 15) is 4.39 Å². The molecule has 0 atom stereocenters. The first kappa shape index (κ1) is 13.6. The number of hydrogen-bond acceptors (Lipinski definition) is 2. The quantitative estimate of drug-likeness (QED) is 0.888. The summed E-state index contributed by atoms with van der Waals surface area (Å²) in [7, 11) is 1.92. The van der Waals surface area contributed by atoms with Gasteiger partial charge in [0, 0.05) is 6.54 Å². The summed E-state index contributed by atoms with van der Waals surface area (Å²) < 4.78 is 18.7. The van der Waals surface area contributed by atoms with E-state index in [0.717, 1.165) is 23.4 Å². The third-order valence-corrected chi connectivity index (χ3v) is 3.00. The Labute approximate surface area is 113 Å². The molecule has 0 fully saturated rings. The number of benzene rings is 2. The van der Waals surface area contributed by atoms with E-state index in [1.807, 2.05) is 38.2 Å². The second-order valence-electron chi connectivity index (χ2n) is 4.53. The number of hydrogen-bond donors (Lipinski definition) is 1. The molecular weight excluding hydrogens is 241 g/mol. The van der Waals surface area contributed by atoms with Gasteiger partial charge in [-0.15, -0.1) is 0 Å². The van der Waals surface area contributed by atoms with Gasteiger partial charge < -0.3 is 10.1 Å². The molecule has 0 saturated heterocycles. The molecule has 0 heterocycles. The molecule has 2 rings (SSSR count). The van der Waals surface area contributed by atoms with Gasteiger partial charge >= 0.3 is 0 Å². The van der Waals surface area contributed by atoms with Gasteiger partial charge in [0.15, 0.2) is 0 Å². The van der Waals surface area contributed by atoms with Crippen molar-refractivity contribution in [3.8, 4) is 5.75 Å². The monoisotopic (exact) mass is 259 g/mol. The van der Waals surface area contributed by atoms with Crippen LogP contribution in [0.25, 0.3) is 0 Å². The lowest BCUT2D eigenvalue weighted by Crippen LogP contribution is -2.04. The summed E-state index contributed by atoms with van der Waals surface area (Å²) in [6.45, 7) is 3.19. The van der Waals surface area contributed by atoms with Crippen LogP contribution in [0.1, 0.15) is 16.7 Å². The molecule has 0 bridgehead atoms. The Morgan fingerprint density at radius 1 is 1.11 bits per heavy atom. The van der Waals surface area contributed by atoms with Crippen LogP contribution < -0.4 is 10.1 Å². The number of ether oxygens (including phenoxy) is 1. The molecule has 19 heavy (non-hydrogen) atoms. The molecule has 2 nitrogen and oxygen atoms in total. The predicted octanol–water partition coefficient (Wildman–Crippen LogP) is 3.43. The molecule has 0 aromatic heterocycles. The highest BCUT2D eigenvalue weighted by molar-refractivity contribution is 5.29. The van der Waals surface area contributed by atoms with Crippen LogP contribution in [0.2, 0.25) is 0 Å². The summed E-state index contributed by atoms with van der Waals surface area (Å²) in [6, 6.07) is 12.7. The Balaban J connectivity index is 1.98. The first-order chi connectivity index (χ1) is 9.19. The first-order valence-electron chi connectivity index (χ1n) is 6.30. The molecule has 0 saturated carbocycles. The van der Waals surface area contributed by atoms with E-state index in [1.165, 1.54) is 17.7 Å². The fraction of sp³-hybridized carbons (Fsp3) is 0.250. The van der Waals surface area contributed by atoms with Gasteiger partial charge in [0.2, 0.25) is 0 Å². The van der Waals surface area contributed by atoms with Crippen LogP contribution >= 0.6 is 0 Å². The molecule has 0 aliphatic heterocycles. The van der Waals surface area contributed by atoms with Crippen LogP contribution in [0.15, 0.2) is 42.5 Å². The molecule has 1 N–H and O–H groups in total. The van der Waals surface area contributed by atoms with Crippen LogP contribution in [-0.2, 0) is 13.2 Å². The summed E-state index contributed by atoms with van der Waals surface area (Å²) in [5.74, 6) is 0.612. The standard InChI is InChI=1S/C16H18FNO/c1-12-9-15(17)6-5-14(12)11-19-16-7-3-13(4-8-16)10-18-2/h3-9,18H,10-11H2,1-2H3. The summed E-state index contributed by atoms with van der Waals surface area (Å²) in [5, 5.41) is 3.10. The van der Waals surface area contributed by atoms with Gasteiger partial charge in [-0.2, -0.15) is 0 Å². The minimum atomic E-state index is -0.210. The van der Waals surface area contributed by atoms with Crippen molar-refractivity contribution >= 4 is 0 Å². The topological polar surface area (TPSA) is 21.3 Å². The van der Waals surface area contributed by atoms with Gasteiger partial charge in [0.05, 0.1) is 0 Å². The smallest absolute Gasteiger partial charge is 0.123 e. The normalized spacial score (nSPS) is 10.5. The maximum Gasteiger partial charge on any atom is 0.123 e.